The van der Waals surface area contributed by atoms with Crippen LogP contribution in [-0.2, 0) is 0 Å². The molecule has 58 valence electrons. The quantitative estimate of drug-likeness (QED) is 0.438. The average molecular weight is 142 g/mol. The lowest BCUT2D eigenvalue weighted by molar-refractivity contribution is 0.00303. The normalized spacial score (nSPS) is 12.4. The molecular formula is C7H14N2O. The number of nitriles is 1. The van der Waals surface area contributed by atoms with Gasteiger partial charge in [0.05, 0.1) is 11.1 Å². The van der Waals surface area contributed by atoms with Crippen LogP contribution in [0, 0.1) is 11.5 Å². The highest BCUT2D eigenvalue weighted by molar-refractivity contribution is 4.97. The molecule has 0 aliphatic rings. The molecule has 0 aromatic carbocycles. The molecule has 2 N–H and O–H groups in total. The lowest BCUT2D eigenvalue weighted by Gasteiger charge is -2.35. The first-order valence-electron chi connectivity index (χ1n) is 3.20. The fourth-order valence-corrected chi connectivity index (χ4v) is 0.293. The van der Waals surface area contributed by atoms with Gasteiger partial charge in [-0.05, 0) is 27.7 Å². The first-order valence-corrected chi connectivity index (χ1v) is 3.20. The van der Waals surface area contributed by atoms with Gasteiger partial charge in [-0.2, -0.15) is 5.26 Å². The van der Waals surface area contributed by atoms with E-state index in [0.29, 0.717) is 0 Å². The van der Waals surface area contributed by atoms with Crippen molar-refractivity contribution in [3.63, 3.8) is 0 Å². The maximum atomic E-state index is 9.46. The highest BCUT2D eigenvalue weighted by Crippen LogP contribution is 2.19. The highest BCUT2D eigenvalue weighted by atomic mass is 16.3. The van der Waals surface area contributed by atoms with Crippen LogP contribution in [0.3, 0.4) is 0 Å². The van der Waals surface area contributed by atoms with E-state index >= 15 is 0 Å². The van der Waals surface area contributed by atoms with E-state index < -0.39 is 11.1 Å². The largest absolute Gasteiger partial charge is 0.388 e. The summed E-state index contributed by atoms with van der Waals surface area (Å²) in [6.45, 7) is 6.88. The van der Waals surface area contributed by atoms with Gasteiger partial charge >= 0.3 is 0 Å². The molecule has 3 nitrogen and oxygen atoms in total. The van der Waals surface area contributed by atoms with Gasteiger partial charge in [0.25, 0.3) is 0 Å². The third-order valence-corrected chi connectivity index (χ3v) is 1.90. The van der Waals surface area contributed by atoms with Gasteiger partial charge in [-0.25, -0.2) is 0 Å². The number of rotatable bonds is 2. The van der Waals surface area contributed by atoms with Crippen LogP contribution >= 0.6 is 0 Å². The zero-order chi connectivity index (χ0) is 8.41. The average Bonchev–Trinajstić information content (AvgIpc) is 1.61. The monoisotopic (exact) mass is 142 g/mol. The number of nitrogens with zero attached hydrogens (tertiary/aromatic N) is 1. The predicted molar refractivity (Wildman–Crippen MR) is 39.1 cm³/mol. The van der Waals surface area contributed by atoms with Crippen LogP contribution in [0.25, 0.3) is 0 Å². The van der Waals surface area contributed by atoms with E-state index in [9.17, 15) is 5.11 Å². The zero-order valence-electron chi connectivity index (χ0n) is 6.89. The third-order valence-electron chi connectivity index (χ3n) is 1.90. The summed E-state index contributed by atoms with van der Waals surface area (Å²) in [7, 11) is 0. The Hall–Kier alpha value is -0.750. The van der Waals surface area contributed by atoms with Crippen molar-refractivity contribution in [3.05, 3.63) is 0 Å². The lowest BCUT2D eigenvalue weighted by atomic mass is 9.86. The molecule has 0 aliphatic carbocycles. The maximum absolute atomic E-state index is 9.46. The summed E-state index contributed by atoms with van der Waals surface area (Å²) >= 11 is 0. The second-order valence-electron chi connectivity index (χ2n) is 3.42. The van der Waals surface area contributed by atoms with Crippen LogP contribution in [0.4, 0.5) is 0 Å². The standard InChI is InChI=1S/C7H14N2O/c1-6(2,9-5-8)7(3,4)10/h9-10H,1-4H3. The van der Waals surface area contributed by atoms with Crippen molar-refractivity contribution in [1.29, 1.82) is 5.26 Å². The van der Waals surface area contributed by atoms with E-state index in [1.54, 1.807) is 33.9 Å². The molecule has 0 aromatic rings. The van der Waals surface area contributed by atoms with Crippen LogP contribution in [0.5, 0.6) is 0 Å². The van der Waals surface area contributed by atoms with Gasteiger partial charge < -0.3 is 10.4 Å². The van der Waals surface area contributed by atoms with Gasteiger partial charge in [0.1, 0.15) is 0 Å². The molecule has 0 aliphatic heterocycles. The Kier molecular flexibility index (Phi) is 2.28. The van der Waals surface area contributed by atoms with Crippen LogP contribution in [-0.4, -0.2) is 16.2 Å². The van der Waals surface area contributed by atoms with Crippen molar-refractivity contribution in [1.82, 2.24) is 5.32 Å². The van der Waals surface area contributed by atoms with Crippen molar-refractivity contribution in [2.45, 2.75) is 38.8 Å². The van der Waals surface area contributed by atoms with Crippen molar-refractivity contribution in [2.75, 3.05) is 0 Å². The van der Waals surface area contributed by atoms with Crippen LogP contribution in [0.15, 0.2) is 0 Å². The molecule has 10 heavy (non-hydrogen) atoms. The van der Waals surface area contributed by atoms with Crippen LogP contribution < -0.4 is 5.32 Å². The molecule has 0 saturated heterocycles. The van der Waals surface area contributed by atoms with Crippen molar-refractivity contribution < 1.29 is 5.11 Å². The molecule has 0 aromatic heterocycles. The summed E-state index contributed by atoms with van der Waals surface area (Å²) in [6.07, 6.45) is 1.80. The van der Waals surface area contributed by atoms with Gasteiger partial charge in [-0.1, -0.05) is 0 Å². The summed E-state index contributed by atoms with van der Waals surface area (Å²) in [6, 6.07) is 0. The van der Waals surface area contributed by atoms with E-state index in [1.165, 1.54) is 0 Å². The number of aliphatic hydroxyl groups is 1. The Morgan fingerprint density at radius 2 is 1.70 bits per heavy atom. The molecule has 0 saturated carbocycles. The Labute approximate surface area is 61.7 Å². The second-order valence-corrected chi connectivity index (χ2v) is 3.42. The molecule has 0 rings (SSSR count). The minimum atomic E-state index is -0.886. The number of hydrogen-bond donors (Lipinski definition) is 2. The molecule has 0 spiro atoms. The summed E-state index contributed by atoms with van der Waals surface area (Å²) in [4.78, 5) is 0. The fourth-order valence-electron chi connectivity index (χ4n) is 0.293. The Morgan fingerprint density at radius 1 is 1.30 bits per heavy atom. The SMILES string of the molecule is CC(C)(O)C(C)(C)NC#N. The Balaban J connectivity index is 4.28. The number of hydrogen-bond acceptors (Lipinski definition) is 3. The summed E-state index contributed by atoms with van der Waals surface area (Å²) in [5.74, 6) is 0. The van der Waals surface area contributed by atoms with E-state index in [1.807, 2.05) is 0 Å². The number of nitrogens with one attached hydrogen (secondary N) is 1. The molecular weight excluding hydrogens is 128 g/mol. The van der Waals surface area contributed by atoms with Crippen molar-refractivity contribution in [3.8, 4) is 6.19 Å². The van der Waals surface area contributed by atoms with Crippen LogP contribution in [0.2, 0.25) is 0 Å². The van der Waals surface area contributed by atoms with Crippen molar-refractivity contribution in [2.24, 2.45) is 0 Å². The van der Waals surface area contributed by atoms with E-state index in [0.717, 1.165) is 0 Å². The Morgan fingerprint density at radius 3 is 1.80 bits per heavy atom. The van der Waals surface area contributed by atoms with E-state index in [-0.39, 0.29) is 0 Å². The molecule has 0 unspecified atom stereocenters. The van der Waals surface area contributed by atoms with Gasteiger partial charge in [0, 0.05) is 0 Å². The first-order chi connectivity index (χ1) is 4.31. The summed E-state index contributed by atoms with van der Waals surface area (Å²) in [5.41, 5.74) is -1.45. The minimum Gasteiger partial charge on any atom is -0.388 e. The van der Waals surface area contributed by atoms with Gasteiger partial charge in [-0.3, -0.25) is 0 Å². The molecule has 0 radical (unpaired) electrons. The molecule has 3 heteroatoms. The Bertz CT molecular complexity index is 150. The van der Waals surface area contributed by atoms with Crippen LogP contribution in [0.1, 0.15) is 27.7 Å². The third kappa shape index (κ3) is 1.89. The van der Waals surface area contributed by atoms with E-state index in [4.69, 9.17) is 5.26 Å². The predicted octanol–water partition coefficient (Wildman–Crippen LogP) is 0.607. The highest BCUT2D eigenvalue weighted by Gasteiger charge is 2.34. The van der Waals surface area contributed by atoms with Gasteiger partial charge in [0.2, 0.25) is 0 Å². The smallest absolute Gasteiger partial charge is 0.177 e. The maximum Gasteiger partial charge on any atom is 0.177 e. The summed E-state index contributed by atoms with van der Waals surface area (Å²) < 4.78 is 0. The minimum absolute atomic E-state index is 0.568. The van der Waals surface area contributed by atoms with Crippen molar-refractivity contribution >= 4 is 0 Å². The molecule has 0 atom stereocenters. The topological polar surface area (TPSA) is 56.0 Å². The fraction of sp³-hybridized carbons (Fsp3) is 0.857. The summed E-state index contributed by atoms with van der Waals surface area (Å²) in [5, 5.41) is 20.3. The molecule has 0 fully saturated rings. The lowest BCUT2D eigenvalue weighted by Crippen LogP contribution is -2.54. The first kappa shape index (κ1) is 9.25. The van der Waals surface area contributed by atoms with Gasteiger partial charge in [-0.15, -0.1) is 0 Å². The molecule has 0 heterocycles. The molecule has 0 amide bonds. The van der Waals surface area contributed by atoms with Gasteiger partial charge in [0.15, 0.2) is 6.19 Å². The molecule has 0 bridgehead atoms. The van der Waals surface area contributed by atoms with E-state index in [2.05, 4.69) is 5.32 Å². The zero-order valence-corrected chi connectivity index (χ0v) is 6.89. The second kappa shape index (κ2) is 2.47.